The Balaban J connectivity index is 1.55. The summed E-state index contributed by atoms with van der Waals surface area (Å²) in [6, 6.07) is 36.9. The highest BCUT2D eigenvalue weighted by Gasteiger charge is 2.23. The lowest BCUT2D eigenvalue weighted by molar-refractivity contribution is 0.298. The van der Waals surface area contributed by atoms with Gasteiger partial charge in [0.2, 0.25) is 0 Å². The summed E-state index contributed by atoms with van der Waals surface area (Å²) in [5, 5.41) is 0.703. The van der Waals surface area contributed by atoms with E-state index in [1.807, 2.05) is 30.3 Å². The predicted octanol–water partition coefficient (Wildman–Crippen LogP) is 6.95. The molecule has 1 heterocycles. The number of benzene rings is 4. The van der Waals surface area contributed by atoms with Gasteiger partial charge in [0.1, 0.15) is 18.2 Å². The molecule has 0 N–H and O–H groups in total. The second kappa shape index (κ2) is 9.29. The lowest BCUT2D eigenvalue weighted by Gasteiger charge is -2.20. The third kappa shape index (κ3) is 4.25. The summed E-state index contributed by atoms with van der Waals surface area (Å²) >= 11 is 6.00. The van der Waals surface area contributed by atoms with Crippen molar-refractivity contribution in [3.63, 3.8) is 0 Å². The molecule has 5 rings (SSSR count). The van der Waals surface area contributed by atoms with Crippen LogP contribution in [-0.2, 0) is 6.54 Å². The van der Waals surface area contributed by atoms with Crippen molar-refractivity contribution >= 4 is 22.6 Å². The number of nitrogens with zero attached hydrogens (tertiary/aromatic N) is 2. The van der Waals surface area contributed by atoms with Gasteiger partial charge >= 0.3 is 0 Å². The summed E-state index contributed by atoms with van der Waals surface area (Å²) in [6.45, 7) is 1.22. The SMILES string of the molecule is Clc1ccc(OCCn2c(C(c3ccccc3)c3ccccc3)nc3ccccc32)cc1. The maximum Gasteiger partial charge on any atom is 0.122 e. The van der Waals surface area contributed by atoms with Crippen LogP contribution in [0.15, 0.2) is 109 Å². The smallest absolute Gasteiger partial charge is 0.122 e. The molecule has 0 unspecified atom stereocenters. The highest BCUT2D eigenvalue weighted by molar-refractivity contribution is 6.30. The van der Waals surface area contributed by atoms with Gasteiger partial charge in [-0.15, -0.1) is 0 Å². The number of aromatic nitrogens is 2. The number of hydrogen-bond acceptors (Lipinski definition) is 2. The molecule has 5 aromatic rings. The van der Waals surface area contributed by atoms with Gasteiger partial charge in [-0.2, -0.15) is 0 Å². The van der Waals surface area contributed by atoms with Gasteiger partial charge in [0.25, 0.3) is 0 Å². The van der Waals surface area contributed by atoms with Gasteiger partial charge in [-0.3, -0.25) is 0 Å². The third-order valence-corrected chi connectivity index (χ3v) is 5.86. The Morgan fingerprint density at radius 3 is 1.97 bits per heavy atom. The van der Waals surface area contributed by atoms with Gasteiger partial charge in [-0.05, 0) is 47.5 Å². The first kappa shape index (κ1) is 20.3. The number of hydrogen-bond donors (Lipinski definition) is 0. The second-order valence-corrected chi connectivity index (χ2v) is 8.10. The zero-order valence-corrected chi connectivity index (χ0v) is 18.3. The molecule has 4 heteroatoms. The second-order valence-electron chi connectivity index (χ2n) is 7.67. The van der Waals surface area contributed by atoms with Crippen LogP contribution in [-0.4, -0.2) is 16.2 Å². The van der Waals surface area contributed by atoms with Gasteiger partial charge < -0.3 is 9.30 Å². The summed E-state index contributed by atoms with van der Waals surface area (Å²) in [6.07, 6.45) is 0. The van der Waals surface area contributed by atoms with Crippen LogP contribution < -0.4 is 4.74 Å². The van der Waals surface area contributed by atoms with Crippen molar-refractivity contribution in [2.24, 2.45) is 0 Å². The summed E-state index contributed by atoms with van der Waals surface area (Å²) in [5.74, 6) is 1.85. The molecular weight excluding hydrogens is 416 g/mol. The monoisotopic (exact) mass is 438 g/mol. The molecule has 0 aliphatic carbocycles. The number of halogens is 1. The van der Waals surface area contributed by atoms with Crippen LogP contribution in [0.5, 0.6) is 5.75 Å². The molecule has 158 valence electrons. The Bertz CT molecular complexity index is 1260. The largest absolute Gasteiger partial charge is 0.492 e. The van der Waals surface area contributed by atoms with E-state index in [-0.39, 0.29) is 5.92 Å². The Morgan fingerprint density at radius 2 is 1.31 bits per heavy atom. The van der Waals surface area contributed by atoms with E-state index in [1.165, 1.54) is 11.1 Å². The number of rotatable bonds is 7. The third-order valence-electron chi connectivity index (χ3n) is 5.61. The van der Waals surface area contributed by atoms with E-state index in [0.29, 0.717) is 18.2 Å². The fraction of sp³-hybridized carbons (Fsp3) is 0.107. The maximum atomic E-state index is 6.02. The molecule has 0 saturated carbocycles. The molecule has 1 aromatic heterocycles. The molecule has 0 bridgehead atoms. The minimum absolute atomic E-state index is 0.0281. The van der Waals surface area contributed by atoms with Crippen LogP contribution >= 0.6 is 11.6 Å². The topological polar surface area (TPSA) is 27.1 Å². The highest BCUT2D eigenvalue weighted by Crippen LogP contribution is 2.33. The van der Waals surface area contributed by atoms with Gasteiger partial charge in [0.05, 0.1) is 23.5 Å². The molecule has 0 radical (unpaired) electrons. The van der Waals surface area contributed by atoms with E-state index in [4.69, 9.17) is 21.3 Å². The maximum absolute atomic E-state index is 6.02. The van der Waals surface area contributed by atoms with Crippen molar-refractivity contribution in [2.45, 2.75) is 12.5 Å². The van der Waals surface area contributed by atoms with Crippen molar-refractivity contribution in [3.8, 4) is 5.75 Å². The molecule has 32 heavy (non-hydrogen) atoms. The van der Waals surface area contributed by atoms with Gasteiger partial charge in [0.15, 0.2) is 0 Å². The fourth-order valence-electron chi connectivity index (χ4n) is 4.12. The fourth-order valence-corrected chi connectivity index (χ4v) is 4.24. The number of fused-ring (bicyclic) bond motifs is 1. The van der Waals surface area contributed by atoms with Crippen LogP contribution in [0.25, 0.3) is 11.0 Å². The number of ether oxygens (including phenoxy) is 1. The molecule has 0 atom stereocenters. The number of para-hydroxylation sites is 2. The van der Waals surface area contributed by atoms with E-state index in [9.17, 15) is 0 Å². The summed E-state index contributed by atoms with van der Waals surface area (Å²) < 4.78 is 8.31. The van der Waals surface area contributed by atoms with Crippen LogP contribution in [0.2, 0.25) is 5.02 Å². The Labute approximate surface area is 192 Å². The Morgan fingerprint density at radius 1 is 0.719 bits per heavy atom. The van der Waals surface area contributed by atoms with E-state index >= 15 is 0 Å². The summed E-state index contributed by atoms with van der Waals surface area (Å²) in [7, 11) is 0. The minimum atomic E-state index is 0.0281. The van der Waals surface area contributed by atoms with E-state index in [2.05, 4.69) is 83.4 Å². The molecule has 3 nitrogen and oxygen atoms in total. The molecular formula is C28H23ClN2O. The van der Waals surface area contributed by atoms with Gasteiger partial charge in [-0.1, -0.05) is 84.4 Å². The average molecular weight is 439 g/mol. The van der Waals surface area contributed by atoms with Crippen molar-refractivity contribution < 1.29 is 4.74 Å². The predicted molar refractivity (Wildman–Crippen MR) is 131 cm³/mol. The summed E-state index contributed by atoms with van der Waals surface area (Å²) in [4.78, 5) is 5.09. The van der Waals surface area contributed by atoms with Crippen molar-refractivity contribution in [2.75, 3.05) is 6.61 Å². The van der Waals surface area contributed by atoms with Crippen LogP contribution in [0.3, 0.4) is 0 Å². The van der Waals surface area contributed by atoms with E-state index in [0.717, 1.165) is 22.6 Å². The van der Waals surface area contributed by atoms with Crippen molar-refractivity contribution in [1.29, 1.82) is 0 Å². The molecule has 0 spiro atoms. The lowest BCUT2D eigenvalue weighted by Crippen LogP contribution is -2.15. The average Bonchev–Trinajstić information content (AvgIpc) is 3.20. The van der Waals surface area contributed by atoms with E-state index < -0.39 is 0 Å². The normalized spacial score (nSPS) is 11.2. The van der Waals surface area contributed by atoms with Crippen molar-refractivity contribution in [1.82, 2.24) is 9.55 Å². The first-order valence-corrected chi connectivity index (χ1v) is 11.1. The number of imidazole rings is 1. The van der Waals surface area contributed by atoms with Crippen LogP contribution in [0.1, 0.15) is 22.9 Å². The summed E-state index contributed by atoms with van der Waals surface area (Å²) in [5.41, 5.74) is 4.53. The minimum Gasteiger partial charge on any atom is -0.492 e. The standard InChI is InChI=1S/C28H23ClN2O/c29-23-15-17-24(18-16-23)32-20-19-31-26-14-8-7-13-25(26)30-28(31)27(21-9-3-1-4-10-21)22-11-5-2-6-12-22/h1-18,27H,19-20H2. The van der Waals surface area contributed by atoms with Crippen LogP contribution in [0.4, 0.5) is 0 Å². The lowest BCUT2D eigenvalue weighted by atomic mass is 9.90. The Kier molecular flexibility index (Phi) is 5.91. The van der Waals surface area contributed by atoms with Crippen molar-refractivity contribution in [3.05, 3.63) is 131 Å². The first-order valence-electron chi connectivity index (χ1n) is 10.7. The Hall–Kier alpha value is -3.56. The van der Waals surface area contributed by atoms with Gasteiger partial charge in [-0.25, -0.2) is 4.98 Å². The molecule has 0 aliphatic heterocycles. The van der Waals surface area contributed by atoms with Gasteiger partial charge in [0, 0.05) is 5.02 Å². The highest BCUT2D eigenvalue weighted by atomic mass is 35.5. The van der Waals surface area contributed by atoms with Crippen LogP contribution in [0, 0.1) is 0 Å². The molecule has 0 aliphatic rings. The zero-order chi connectivity index (χ0) is 21.8. The molecule has 0 fully saturated rings. The molecule has 4 aromatic carbocycles. The quantitative estimate of drug-likeness (QED) is 0.275. The van der Waals surface area contributed by atoms with E-state index in [1.54, 1.807) is 0 Å². The molecule has 0 amide bonds. The zero-order valence-electron chi connectivity index (χ0n) is 17.6. The first-order chi connectivity index (χ1) is 15.8. The molecule has 0 saturated heterocycles.